The zero-order chi connectivity index (χ0) is 12.3. The topological polar surface area (TPSA) is 40.5 Å². The van der Waals surface area contributed by atoms with Gasteiger partial charge in [0, 0.05) is 18.2 Å². The Morgan fingerprint density at radius 2 is 2.06 bits per heavy atom. The Morgan fingerprint density at radius 1 is 1.50 bits per heavy atom. The van der Waals surface area contributed by atoms with Crippen LogP contribution >= 0.6 is 0 Å². The molecule has 0 spiro atoms. The number of hydrogen-bond acceptors (Lipinski definition) is 2. The van der Waals surface area contributed by atoms with E-state index in [2.05, 4.69) is 0 Å². The van der Waals surface area contributed by atoms with E-state index in [0.717, 1.165) is 12.8 Å². The van der Waals surface area contributed by atoms with Crippen LogP contribution in [0, 0.1) is 0 Å². The Morgan fingerprint density at radius 3 is 2.44 bits per heavy atom. The predicted molar refractivity (Wildman–Crippen MR) is 52.0 cm³/mol. The Hall–Kier alpha value is -1.04. The van der Waals surface area contributed by atoms with E-state index in [9.17, 15) is 18.0 Å². The lowest BCUT2D eigenvalue weighted by atomic mass is 10.2. The molecule has 0 aromatic rings. The first-order chi connectivity index (χ1) is 7.29. The van der Waals surface area contributed by atoms with Crippen molar-refractivity contribution >= 4 is 5.97 Å². The summed E-state index contributed by atoms with van der Waals surface area (Å²) in [5, 5.41) is 8.57. The van der Waals surface area contributed by atoms with Crippen LogP contribution in [-0.4, -0.2) is 41.3 Å². The van der Waals surface area contributed by atoms with Crippen molar-refractivity contribution in [2.75, 3.05) is 13.1 Å². The lowest BCUT2D eigenvalue weighted by molar-refractivity contribution is -0.145. The summed E-state index contributed by atoms with van der Waals surface area (Å²) in [6, 6.07) is -0.0422. The molecule has 6 heteroatoms. The molecule has 3 nitrogen and oxygen atoms in total. The Kier molecular flexibility index (Phi) is 3.96. The van der Waals surface area contributed by atoms with Gasteiger partial charge in [-0.05, 0) is 19.8 Å². The first-order valence-corrected chi connectivity index (χ1v) is 5.00. The molecule has 1 aliphatic rings. The molecule has 0 unspecified atom stereocenters. The van der Waals surface area contributed by atoms with Crippen molar-refractivity contribution in [1.29, 1.82) is 0 Å². The highest BCUT2D eigenvalue weighted by atomic mass is 19.4. The normalized spacial score (nSPS) is 17.9. The van der Waals surface area contributed by atoms with Crippen molar-refractivity contribution in [3.63, 3.8) is 0 Å². The van der Waals surface area contributed by atoms with E-state index in [4.69, 9.17) is 5.11 Å². The Labute approximate surface area is 91.5 Å². The number of nitrogens with zero attached hydrogens (tertiary/aromatic N) is 1. The van der Waals surface area contributed by atoms with Gasteiger partial charge >= 0.3 is 12.1 Å². The SMILES string of the molecule is CC(=CCN(CC(F)(F)F)C1CC1)C(=O)O. The second kappa shape index (κ2) is 4.86. The van der Waals surface area contributed by atoms with Crippen LogP contribution in [0.1, 0.15) is 19.8 Å². The van der Waals surface area contributed by atoms with Gasteiger partial charge < -0.3 is 5.11 Å². The zero-order valence-electron chi connectivity index (χ0n) is 8.92. The highest BCUT2D eigenvalue weighted by Crippen LogP contribution is 2.29. The number of carboxylic acids is 1. The smallest absolute Gasteiger partial charge is 0.401 e. The van der Waals surface area contributed by atoms with Crippen LogP contribution in [0.25, 0.3) is 0 Å². The summed E-state index contributed by atoms with van der Waals surface area (Å²) in [6.45, 7) is 0.449. The molecule has 0 radical (unpaired) electrons. The van der Waals surface area contributed by atoms with Crippen molar-refractivity contribution in [3.05, 3.63) is 11.6 Å². The maximum atomic E-state index is 12.2. The number of rotatable bonds is 5. The molecule has 1 fully saturated rings. The van der Waals surface area contributed by atoms with E-state index in [1.807, 2.05) is 0 Å². The molecule has 1 aliphatic carbocycles. The van der Waals surface area contributed by atoms with Crippen LogP contribution in [-0.2, 0) is 4.79 Å². The van der Waals surface area contributed by atoms with Crippen LogP contribution in [0.15, 0.2) is 11.6 Å². The summed E-state index contributed by atoms with van der Waals surface area (Å²) >= 11 is 0. The van der Waals surface area contributed by atoms with Gasteiger partial charge in [-0.2, -0.15) is 13.2 Å². The molecular formula is C10H14F3NO2. The molecule has 0 saturated heterocycles. The summed E-state index contributed by atoms with van der Waals surface area (Å²) < 4.78 is 36.6. The van der Waals surface area contributed by atoms with Crippen LogP contribution in [0.5, 0.6) is 0 Å². The van der Waals surface area contributed by atoms with Crippen LogP contribution in [0.4, 0.5) is 13.2 Å². The summed E-state index contributed by atoms with van der Waals surface area (Å²) in [7, 11) is 0. The number of hydrogen-bond donors (Lipinski definition) is 1. The minimum atomic E-state index is -4.23. The number of carbonyl (C=O) groups is 1. The zero-order valence-corrected chi connectivity index (χ0v) is 8.92. The Balaban J connectivity index is 2.52. The van der Waals surface area contributed by atoms with Crippen LogP contribution in [0.2, 0.25) is 0 Å². The van der Waals surface area contributed by atoms with E-state index in [1.165, 1.54) is 17.9 Å². The van der Waals surface area contributed by atoms with Gasteiger partial charge in [0.05, 0.1) is 6.54 Å². The van der Waals surface area contributed by atoms with Crippen molar-refractivity contribution in [3.8, 4) is 0 Å². The fraction of sp³-hybridized carbons (Fsp3) is 0.700. The van der Waals surface area contributed by atoms with E-state index in [-0.39, 0.29) is 18.2 Å². The monoisotopic (exact) mass is 237 g/mol. The molecule has 0 aromatic carbocycles. The van der Waals surface area contributed by atoms with Crippen molar-refractivity contribution in [2.45, 2.75) is 32.0 Å². The summed E-state index contributed by atoms with van der Waals surface area (Å²) in [5.74, 6) is -1.09. The largest absolute Gasteiger partial charge is 0.478 e. The molecule has 0 aliphatic heterocycles. The average molecular weight is 237 g/mol. The van der Waals surface area contributed by atoms with Gasteiger partial charge in [0.2, 0.25) is 0 Å². The predicted octanol–water partition coefficient (Wildman–Crippen LogP) is 2.04. The van der Waals surface area contributed by atoms with Crippen molar-refractivity contribution < 1.29 is 23.1 Å². The lowest BCUT2D eigenvalue weighted by Crippen LogP contribution is -2.36. The third-order valence-electron chi connectivity index (χ3n) is 2.41. The fourth-order valence-electron chi connectivity index (χ4n) is 1.35. The molecule has 1 saturated carbocycles. The molecule has 0 heterocycles. The number of carboxylic acid groups (broad SMARTS) is 1. The number of alkyl halides is 3. The number of halogens is 3. The van der Waals surface area contributed by atoms with Crippen molar-refractivity contribution in [2.24, 2.45) is 0 Å². The van der Waals surface area contributed by atoms with Gasteiger partial charge in [-0.15, -0.1) is 0 Å². The van der Waals surface area contributed by atoms with E-state index in [1.54, 1.807) is 0 Å². The molecule has 0 aromatic heterocycles. The van der Waals surface area contributed by atoms with Gasteiger partial charge in [-0.25, -0.2) is 4.79 Å². The molecule has 0 atom stereocenters. The highest BCUT2D eigenvalue weighted by molar-refractivity contribution is 5.85. The van der Waals surface area contributed by atoms with Gasteiger partial charge in [0.25, 0.3) is 0 Å². The summed E-state index contributed by atoms with van der Waals surface area (Å²) in [6.07, 6.45) is -1.38. The first-order valence-electron chi connectivity index (χ1n) is 5.00. The van der Waals surface area contributed by atoms with Gasteiger partial charge in [0.1, 0.15) is 0 Å². The maximum Gasteiger partial charge on any atom is 0.401 e. The molecule has 0 bridgehead atoms. The highest BCUT2D eigenvalue weighted by Gasteiger charge is 2.37. The molecule has 16 heavy (non-hydrogen) atoms. The van der Waals surface area contributed by atoms with Crippen molar-refractivity contribution in [1.82, 2.24) is 4.90 Å². The van der Waals surface area contributed by atoms with E-state index in [0.29, 0.717) is 0 Å². The molecule has 1 N–H and O–H groups in total. The summed E-state index contributed by atoms with van der Waals surface area (Å²) in [5.41, 5.74) is 0.0767. The molecule has 0 amide bonds. The first kappa shape index (κ1) is 13.0. The average Bonchev–Trinajstić information content (AvgIpc) is 2.92. The standard InChI is InChI=1S/C10H14F3NO2/c1-7(9(15)16)4-5-14(8-2-3-8)6-10(11,12)13/h4,8H,2-3,5-6H2,1H3,(H,15,16). The number of aliphatic carboxylic acids is 1. The van der Waals surface area contributed by atoms with Gasteiger partial charge in [-0.1, -0.05) is 6.08 Å². The second-order valence-corrected chi connectivity index (χ2v) is 3.97. The minimum Gasteiger partial charge on any atom is -0.478 e. The maximum absolute atomic E-state index is 12.2. The molecule has 1 rings (SSSR count). The summed E-state index contributed by atoms with van der Waals surface area (Å²) in [4.78, 5) is 11.7. The third-order valence-corrected chi connectivity index (χ3v) is 2.41. The lowest BCUT2D eigenvalue weighted by Gasteiger charge is -2.21. The molecule has 92 valence electrons. The second-order valence-electron chi connectivity index (χ2n) is 3.97. The molecular weight excluding hydrogens is 223 g/mol. The van der Waals surface area contributed by atoms with E-state index < -0.39 is 18.7 Å². The van der Waals surface area contributed by atoms with E-state index >= 15 is 0 Å². The Bertz CT molecular complexity index is 295. The van der Waals surface area contributed by atoms with Gasteiger partial charge in [-0.3, -0.25) is 4.90 Å². The van der Waals surface area contributed by atoms with Crippen LogP contribution < -0.4 is 0 Å². The van der Waals surface area contributed by atoms with Crippen LogP contribution in [0.3, 0.4) is 0 Å². The minimum absolute atomic E-state index is 0.0422. The third kappa shape index (κ3) is 4.65. The van der Waals surface area contributed by atoms with Gasteiger partial charge in [0.15, 0.2) is 0 Å². The fourth-order valence-corrected chi connectivity index (χ4v) is 1.35. The quantitative estimate of drug-likeness (QED) is 0.744.